The van der Waals surface area contributed by atoms with Crippen molar-refractivity contribution in [3.8, 4) is 0 Å². The highest BCUT2D eigenvalue weighted by molar-refractivity contribution is 5.95. The maximum absolute atomic E-state index is 12.5. The summed E-state index contributed by atoms with van der Waals surface area (Å²) in [5.74, 6) is -0.858. The Labute approximate surface area is 158 Å². The molecular weight excluding hydrogens is 344 g/mol. The van der Waals surface area contributed by atoms with Gasteiger partial charge >= 0.3 is 5.97 Å². The maximum atomic E-state index is 12.5. The maximum Gasteiger partial charge on any atom is 0.328 e. The minimum absolute atomic E-state index is 0.351. The van der Waals surface area contributed by atoms with Crippen LogP contribution < -0.4 is 5.32 Å². The zero-order valence-electron chi connectivity index (χ0n) is 15.1. The minimum atomic E-state index is -0.772. The van der Waals surface area contributed by atoms with Gasteiger partial charge in [-0.05, 0) is 11.1 Å². The number of rotatable bonds is 7. The van der Waals surface area contributed by atoms with E-state index in [1.54, 1.807) is 0 Å². The first-order valence-electron chi connectivity index (χ1n) is 8.83. The number of nitrogens with zero attached hydrogens (tertiary/aromatic N) is 1. The van der Waals surface area contributed by atoms with Crippen LogP contribution >= 0.6 is 0 Å². The number of carbonyl (C=O) groups is 2. The number of hydrogen-bond acceptors (Lipinski definition) is 5. The first-order valence-corrected chi connectivity index (χ1v) is 8.83. The van der Waals surface area contributed by atoms with Crippen LogP contribution in [0.15, 0.2) is 65.8 Å². The van der Waals surface area contributed by atoms with Gasteiger partial charge in [0.05, 0.1) is 12.8 Å². The molecule has 1 aliphatic heterocycles. The number of amides is 1. The molecule has 6 heteroatoms. The fourth-order valence-electron chi connectivity index (χ4n) is 2.95. The third kappa shape index (κ3) is 5.17. The highest BCUT2D eigenvalue weighted by atomic mass is 16.6. The Balaban J connectivity index is 1.57. The zero-order chi connectivity index (χ0) is 19.1. The second-order valence-electron chi connectivity index (χ2n) is 6.39. The molecule has 1 N–H and O–H groups in total. The van der Waals surface area contributed by atoms with E-state index in [0.29, 0.717) is 19.3 Å². The van der Waals surface area contributed by atoms with Crippen molar-refractivity contribution in [3.63, 3.8) is 0 Å². The van der Waals surface area contributed by atoms with Crippen LogP contribution in [0, 0.1) is 0 Å². The monoisotopic (exact) mass is 366 g/mol. The molecule has 0 aromatic heterocycles. The van der Waals surface area contributed by atoms with Crippen LogP contribution in [0.4, 0.5) is 0 Å². The SMILES string of the molecule is COC(=O)[C@H](Cc1ccccc1)NC(=O)C1CC(Cc2ccccc2)=NO1. The van der Waals surface area contributed by atoms with Crippen molar-refractivity contribution >= 4 is 17.6 Å². The van der Waals surface area contributed by atoms with E-state index in [1.807, 2.05) is 60.7 Å². The molecule has 0 aliphatic carbocycles. The van der Waals surface area contributed by atoms with Crippen LogP contribution in [-0.2, 0) is 32.0 Å². The van der Waals surface area contributed by atoms with Gasteiger partial charge in [-0.15, -0.1) is 0 Å². The third-order valence-corrected chi connectivity index (χ3v) is 4.36. The van der Waals surface area contributed by atoms with Crippen molar-refractivity contribution < 1.29 is 19.2 Å². The van der Waals surface area contributed by atoms with E-state index >= 15 is 0 Å². The van der Waals surface area contributed by atoms with E-state index in [4.69, 9.17) is 9.57 Å². The Morgan fingerprint density at radius 2 is 1.74 bits per heavy atom. The number of esters is 1. The van der Waals surface area contributed by atoms with Crippen LogP contribution in [0.5, 0.6) is 0 Å². The van der Waals surface area contributed by atoms with Gasteiger partial charge in [0.1, 0.15) is 6.04 Å². The Morgan fingerprint density at radius 3 is 2.37 bits per heavy atom. The van der Waals surface area contributed by atoms with Gasteiger partial charge in [-0.3, -0.25) is 4.79 Å². The van der Waals surface area contributed by atoms with Crippen LogP contribution in [0.25, 0.3) is 0 Å². The van der Waals surface area contributed by atoms with E-state index in [0.717, 1.165) is 16.8 Å². The number of benzene rings is 2. The average molecular weight is 366 g/mol. The molecule has 2 aromatic carbocycles. The molecular formula is C21H22N2O4. The van der Waals surface area contributed by atoms with Gasteiger partial charge in [-0.1, -0.05) is 65.8 Å². The normalized spacial score (nSPS) is 16.8. The Bertz CT molecular complexity index is 805. The molecule has 0 bridgehead atoms. The highest BCUT2D eigenvalue weighted by Crippen LogP contribution is 2.15. The second-order valence-corrected chi connectivity index (χ2v) is 6.39. The van der Waals surface area contributed by atoms with E-state index < -0.39 is 18.1 Å². The first-order chi connectivity index (χ1) is 13.2. The summed E-state index contributed by atoms with van der Waals surface area (Å²) in [6, 6.07) is 18.6. The summed E-state index contributed by atoms with van der Waals surface area (Å²) in [4.78, 5) is 29.9. The van der Waals surface area contributed by atoms with Crippen LogP contribution in [0.2, 0.25) is 0 Å². The zero-order valence-corrected chi connectivity index (χ0v) is 15.1. The standard InChI is InChI=1S/C21H22N2O4/c1-26-21(25)18(13-16-10-6-3-7-11-16)22-20(24)19-14-17(23-27-19)12-15-8-4-2-5-9-15/h2-11,18-19H,12-14H2,1H3,(H,22,24)/t18-,19?/m0/s1. The van der Waals surface area contributed by atoms with E-state index in [1.165, 1.54) is 7.11 Å². The molecule has 1 unspecified atom stereocenters. The molecule has 2 atom stereocenters. The van der Waals surface area contributed by atoms with Crippen LogP contribution in [-0.4, -0.2) is 36.8 Å². The number of hydrogen-bond donors (Lipinski definition) is 1. The molecule has 0 saturated heterocycles. The Morgan fingerprint density at radius 1 is 1.11 bits per heavy atom. The van der Waals surface area contributed by atoms with Gasteiger partial charge in [0, 0.05) is 19.3 Å². The van der Waals surface area contributed by atoms with Gasteiger partial charge in [0.15, 0.2) is 0 Å². The van der Waals surface area contributed by atoms with Gasteiger partial charge < -0.3 is 14.9 Å². The molecule has 27 heavy (non-hydrogen) atoms. The molecule has 1 heterocycles. The van der Waals surface area contributed by atoms with Gasteiger partial charge in [-0.2, -0.15) is 0 Å². The van der Waals surface area contributed by atoms with Crippen molar-refractivity contribution in [1.29, 1.82) is 0 Å². The number of nitrogens with one attached hydrogen (secondary N) is 1. The van der Waals surface area contributed by atoms with E-state index in [2.05, 4.69) is 10.5 Å². The van der Waals surface area contributed by atoms with Gasteiger partial charge in [-0.25, -0.2) is 4.79 Å². The molecule has 2 aromatic rings. The molecule has 1 amide bonds. The summed E-state index contributed by atoms with van der Waals surface area (Å²) in [5.41, 5.74) is 2.85. The number of oxime groups is 1. The molecule has 0 spiro atoms. The summed E-state index contributed by atoms with van der Waals surface area (Å²) >= 11 is 0. The predicted molar refractivity (Wildman–Crippen MR) is 101 cm³/mol. The lowest BCUT2D eigenvalue weighted by Gasteiger charge is -2.18. The Kier molecular flexibility index (Phi) is 6.20. The molecule has 0 saturated carbocycles. The molecule has 0 radical (unpaired) electrons. The van der Waals surface area contributed by atoms with Crippen molar-refractivity contribution in [2.45, 2.75) is 31.4 Å². The van der Waals surface area contributed by atoms with Crippen LogP contribution in [0.1, 0.15) is 17.5 Å². The largest absolute Gasteiger partial charge is 0.467 e. The quantitative estimate of drug-likeness (QED) is 0.763. The fraction of sp³-hybridized carbons (Fsp3) is 0.286. The number of ether oxygens (including phenoxy) is 1. The Hall–Kier alpha value is -3.15. The molecule has 3 rings (SSSR count). The first kappa shape index (κ1) is 18.6. The number of carbonyl (C=O) groups excluding carboxylic acids is 2. The number of methoxy groups -OCH3 is 1. The van der Waals surface area contributed by atoms with Gasteiger partial charge in [0.25, 0.3) is 5.91 Å². The second kappa shape index (κ2) is 8.98. The van der Waals surface area contributed by atoms with Crippen molar-refractivity contribution in [3.05, 3.63) is 71.8 Å². The topological polar surface area (TPSA) is 77.0 Å². The van der Waals surface area contributed by atoms with E-state index in [9.17, 15) is 9.59 Å². The lowest BCUT2D eigenvalue weighted by Crippen LogP contribution is -2.47. The van der Waals surface area contributed by atoms with Crippen molar-refractivity contribution in [2.24, 2.45) is 5.16 Å². The highest BCUT2D eigenvalue weighted by Gasteiger charge is 2.31. The lowest BCUT2D eigenvalue weighted by atomic mass is 10.0. The molecule has 6 nitrogen and oxygen atoms in total. The lowest BCUT2D eigenvalue weighted by molar-refractivity contribution is -0.146. The summed E-state index contributed by atoms with van der Waals surface area (Å²) in [6.45, 7) is 0. The molecule has 0 fully saturated rings. The fourth-order valence-corrected chi connectivity index (χ4v) is 2.95. The minimum Gasteiger partial charge on any atom is -0.467 e. The molecule has 140 valence electrons. The van der Waals surface area contributed by atoms with Gasteiger partial charge in [0.2, 0.25) is 6.10 Å². The predicted octanol–water partition coefficient (Wildman–Crippen LogP) is 2.27. The van der Waals surface area contributed by atoms with Crippen molar-refractivity contribution in [1.82, 2.24) is 5.32 Å². The third-order valence-electron chi connectivity index (χ3n) is 4.36. The average Bonchev–Trinajstić information content (AvgIpc) is 3.17. The molecule has 1 aliphatic rings. The summed E-state index contributed by atoms with van der Waals surface area (Å²) in [7, 11) is 1.31. The smallest absolute Gasteiger partial charge is 0.328 e. The van der Waals surface area contributed by atoms with Crippen LogP contribution in [0.3, 0.4) is 0 Å². The summed E-state index contributed by atoms with van der Waals surface area (Å²) in [5, 5.41) is 6.76. The van der Waals surface area contributed by atoms with Crippen molar-refractivity contribution in [2.75, 3.05) is 7.11 Å². The summed E-state index contributed by atoms with van der Waals surface area (Å²) in [6.07, 6.45) is 0.658. The van der Waals surface area contributed by atoms with E-state index in [-0.39, 0.29) is 5.91 Å². The summed E-state index contributed by atoms with van der Waals surface area (Å²) < 4.78 is 4.83.